The highest BCUT2D eigenvalue weighted by atomic mass is 32.2. The molecular weight excluding hydrogens is 344 g/mol. The van der Waals surface area contributed by atoms with Crippen LogP contribution >= 0.6 is 0 Å². The molecule has 0 N–H and O–H groups in total. The van der Waals surface area contributed by atoms with E-state index in [0.29, 0.717) is 50.9 Å². The van der Waals surface area contributed by atoms with Gasteiger partial charge in [0.1, 0.15) is 0 Å². The summed E-state index contributed by atoms with van der Waals surface area (Å²) in [5, 5.41) is 0. The minimum absolute atomic E-state index is 0.00281. The third kappa shape index (κ3) is 4.24. The lowest BCUT2D eigenvalue weighted by Crippen LogP contribution is -2.51. The van der Waals surface area contributed by atoms with Crippen molar-refractivity contribution < 1.29 is 22.7 Å². The van der Waals surface area contributed by atoms with Crippen molar-refractivity contribution in [2.75, 3.05) is 45.1 Å². The quantitative estimate of drug-likeness (QED) is 0.789. The van der Waals surface area contributed by atoms with E-state index < -0.39 is 10.0 Å². The molecule has 0 spiro atoms. The van der Waals surface area contributed by atoms with Crippen molar-refractivity contribution in [3.05, 3.63) is 23.8 Å². The molecule has 138 valence electrons. The SMILES string of the molecule is CCS(=O)(=O)N1CCN(C(=O)Cc2ccc3c(c2)OCCCO3)CC1. The first-order chi connectivity index (χ1) is 12.0. The van der Waals surface area contributed by atoms with Crippen LogP contribution in [0.25, 0.3) is 0 Å². The Morgan fingerprint density at radius 3 is 2.44 bits per heavy atom. The number of piperazine rings is 1. The fourth-order valence-corrected chi connectivity index (χ4v) is 4.09. The molecule has 0 radical (unpaired) electrons. The summed E-state index contributed by atoms with van der Waals surface area (Å²) in [5.41, 5.74) is 0.873. The van der Waals surface area contributed by atoms with E-state index in [1.165, 1.54) is 4.31 Å². The molecule has 1 saturated heterocycles. The summed E-state index contributed by atoms with van der Waals surface area (Å²) < 4.78 is 36.5. The van der Waals surface area contributed by atoms with Crippen molar-refractivity contribution in [1.29, 1.82) is 0 Å². The van der Waals surface area contributed by atoms with Crippen LogP contribution in [0.1, 0.15) is 18.9 Å². The number of carbonyl (C=O) groups is 1. The molecule has 1 aromatic rings. The Kier molecular flexibility index (Phi) is 5.48. The molecule has 3 rings (SSSR count). The molecule has 0 saturated carbocycles. The molecule has 8 heteroatoms. The van der Waals surface area contributed by atoms with Crippen LogP contribution in [-0.2, 0) is 21.2 Å². The standard InChI is InChI=1S/C17H24N2O5S/c1-2-25(21,22)19-8-6-18(7-9-19)17(20)13-14-4-5-15-16(12-14)24-11-3-10-23-15/h4-5,12H,2-3,6-11,13H2,1H3. The zero-order valence-corrected chi connectivity index (χ0v) is 15.3. The first kappa shape index (κ1) is 18.0. The second-order valence-electron chi connectivity index (χ2n) is 6.19. The van der Waals surface area contributed by atoms with Crippen LogP contribution in [0, 0.1) is 0 Å². The molecule has 0 atom stereocenters. The van der Waals surface area contributed by atoms with Gasteiger partial charge in [0.15, 0.2) is 11.5 Å². The summed E-state index contributed by atoms with van der Waals surface area (Å²) in [4.78, 5) is 14.2. The third-order valence-corrected chi connectivity index (χ3v) is 6.40. The highest BCUT2D eigenvalue weighted by Crippen LogP contribution is 2.30. The highest BCUT2D eigenvalue weighted by molar-refractivity contribution is 7.89. The van der Waals surface area contributed by atoms with Crippen molar-refractivity contribution in [2.24, 2.45) is 0 Å². The number of carbonyl (C=O) groups excluding carboxylic acids is 1. The van der Waals surface area contributed by atoms with Crippen molar-refractivity contribution >= 4 is 15.9 Å². The molecule has 0 unspecified atom stereocenters. The fourth-order valence-electron chi connectivity index (χ4n) is 3.00. The van der Waals surface area contributed by atoms with E-state index in [1.54, 1.807) is 11.8 Å². The predicted octanol–water partition coefficient (Wildman–Crippen LogP) is 0.884. The van der Waals surface area contributed by atoms with Crippen molar-refractivity contribution in [3.63, 3.8) is 0 Å². The largest absolute Gasteiger partial charge is 0.490 e. The maximum atomic E-state index is 12.5. The second kappa shape index (κ2) is 7.61. The summed E-state index contributed by atoms with van der Waals surface area (Å²) >= 11 is 0. The second-order valence-corrected chi connectivity index (χ2v) is 8.45. The molecule has 0 aromatic heterocycles. The zero-order chi connectivity index (χ0) is 17.9. The van der Waals surface area contributed by atoms with Gasteiger partial charge in [0, 0.05) is 32.6 Å². The molecule has 2 heterocycles. The normalized spacial score (nSPS) is 18.7. The Morgan fingerprint density at radius 1 is 1.08 bits per heavy atom. The minimum Gasteiger partial charge on any atom is -0.490 e. The number of nitrogens with zero attached hydrogens (tertiary/aromatic N) is 2. The van der Waals surface area contributed by atoms with Gasteiger partial charge in [-0.3, -0.25) is 4.79 Å². The smallest absolute Gasteiger partial charge is 0.227 e. The van der Waals surface area contributed by atoms with E-state index in [9.17, 15) is 13.2 Å². The van der Waals surface area contributed by atoms with Crippen LogP contribution in [-0.4, -0.2) is 68.7 Å². The lowest BCUT2D eigenvalue weighted by molar-refractivity contribution is -0.131. The number of hydrogen-bond acceptors (Lipinski definition) is 5. The number of benzene rings is 1. The summed E-state index contributed by atoms with van der Waals surface area (Å²) in [6.45, 7) is 4.47. The monoisotopic (exact) mass is 368 g/mol. The lowest BCUT2D eigenvalue weighted by atomic mass is 10.1. The number of ether oxygens (including phenoxy) is 2. The number of sulfonamides is 1. The van der Waals surface area contributed by atoms with Gasteiger partial charge in [0.25, 0.3) is 0 Å². The van der Waals surface area contributed by atoms with Crippen LogP contribution in [0.15, 0.2) is 18.2 Å². The average molecular weight is 368 g/mol. The minimum atomic E-state index is -3.18. The van der Waals surface area contributed by atoms with E-state index in [1.807, 2.05) is 18.2 Å². The van der Waals surface area contributed by atoms with Gasteiger partial charge >= 0.3 is 0 Å². The number of amides is 1. The molecule has 2 aliphatic rings. The molecule has 2 aliphatic heterocycles. The lowest BCUT2D eigenvalue weighted by Gasteiger charge is -2.33. The molecule has 0 bridgehead atoms. The van der Waals surface area contributed by atoms with Crippen LogP contribution in [0.2, 0.25) is 0 Å². The van der Waals surface area contributed by atoms with Gasteiger partial charge in [-0.2, -0.15) is 4.31 Å². The number of hydrogen-bond donors (Lipinski definition) is 0. The predicted molar refractivity (Wildman–Crippen MR) is 93.4 cm³/mol. The summed E-state index contributed by atoms with van der Waals surface area (Å²) in [5.74, 6) is 1.50. The zero-order valence-electron chi connectivity index (χ0n) is 14.4. The highest BCUT2D eigenvalue weighted by Gasteiger charge is 2.27. The third-order valence-electron chi connectivity index (χ3n) is 4.52. The molecule has 7 nitrogen and oxygen atoms in total. The van der Waals surface area contributed by atoms with Crippen LogP contribution in [0.4, 0.5) is 0 Å². The van der Waals surface area contributed by atoms with E-state index in [-0.39, 0.29) is 18.1 Å². The Labute approximate surface area is 148 Å². The average Bonchev–Trinajstić information content (AvgIpc) is 2.86. The molecule has 1 aromatic carbocycles. The van der Waals surface area contributed by atoms with Crippen LogP contribution < -0.4 is 9.47 Å². The van der Waals surface area contributed by atoms with Crippen molar-refractivity contribution in [2.45, 2.75) is 19.8 Å². The van der Waals surface area contributed by atoms with Crippen molar-refractivity contribution in [1.82, 2.24) is 9.21 Å². The van der Waals surface area contributed by atoms with E-state index in [2.05, 4.69) is 0 Å². The Hall–Kier alpha value is -1.80. The van der Waals surface area contributed by atoms with Gasteiger partial charge in [0.05, 0.1) is 25.4 Å². The summed E-state index contributed by atoms with van der Waals surface area (Å²) in [6.07, 6.45) is 1.12. The summed E-state index contributed by atoms with van der Waals surface area (Å²) in [7, 11) is -3.18. The van der Waals surface area contributed by atoms with Crippen molar-refractivity contribution in [3.8, 4) is 11.5 Å². The molecule has 0 aliphatic carbocycles. The first-order valence-corrected chi connectivity index (χ1v) is 10.2. The topological polar surface area (TPSA) is 76.2 Å². The van der Waals surface area contributed by atoms with Gasteiger partial charge in [-0.25, -0.2) is 8.42 Å². The Morgan fingerprint density at radius 2 is 1.76 bits per heavy atom. The van der Waals surface area contributed by atoms with Gasteiger partial charge in [0.2, 0.25) is 15.9 Å². The maximum Gasteiger partial charge on any atom is 0.227 e. The Balaban J connectivity index is 1.59. The maximum absolute atomic E-state index is 12.5. The van der Waals surface area contributed by atoms with Crippen LogP contribution in [0.5, 0.6) is 11.5 Å². The van der Waals surface area contributed by atoms with E-state index in [0.717, 1.165) is 12.0 Å². The molecule has 25 heavy (non-hydrogen) atoms. The van der Waals surface area contributed by atoms with Gasteiger partial charge in [-0.05, 0) is 24.6 Å². The van der Waals surface area contributed by atoms with Gasteiger partial charge < -0.3 is 14.4 Å². The molecule has 1 fully saturated rings. The number of rotatable bonds is 4. The van der Waals surface area contributed by atoms with Gasteiger partial charge in [-0.1, -0.05) is 6.07 Å². The molecule has 1 amide bonds. The number of fused-ring (bicyclic) bond motifs is 1. The fraction of sp³-hybridized carbons (Fsp3) is 0.588. The van der Waals surface area contributed by atoms with E-state index in [4.69, 9.17) is 9.47 Å². The molecular formula is C17H24N2O5S. The van der Waals surface area contributed by atoms with E-state index >= 15 is 0 Å². The first-order valence-electron chi connectivity index (χ1n) is 8.64. The van der Waals surface area contributed by atoms with Gasteiger partial charge in [-0.15, -0.1) is 0 Å². The Bertz CT molecular complexity index is 727. The summed E-state index contributed by atoms with van der Waals surface area (Å²) in [6, 6.07) is 5.58. The van der Waals surface area contributed by atoms with Crippen LogP contribution in [0.3, 0.4) is 0 Å².